The Balaban J connectivity index is 1.97. The zero-order valence-electron chi connectivity index (χ0n) is 10.9. The highest BCUT2D eigenvalue weighted by molar-refractivity contribution is 7.98. The molecule has 6 nitrogen and oxygen atoms in total. The second-order valence-electron chi connectivity index (χ2n) is 4.34. The van der Waals surface area contributed by atoms with Gasteiger partial charge in [0.05, 0.1) is 5.69 Å². The van der Waals surface area contributed by atoms with Crippen molar-refractivity contribution in [2.45, 2.75) is 18.7 Å². The number of carboxylic acid groups (broad SMARTS) is 1. The van der Waals surface area contributed by atoms with Crippen molar-refractivity contribution < 1.29 is 14.7 Å². The average Bonchev–Trinajstić information content (AvgIpc) is 2.82. The molecule has 106 valence electrons. The standard InChI is InChI=1S/C13H15N3O3S/c1-9-3-2-4-16-5-10(15-12(9)16)6-20-7-11(13(18)19)14-8-17/h2-5,8,11H,6-7H2,1H3,(H,14,17)(H,18,19). The predicted octanol–water partition coefficient (Wildman–Crippen LogP) is 1.08. The number of hydrogen-bond donors (Lipinski definition) is 2. The van der Waals surface area contributed by atoms with Gasteiger partial charge in [-0.2, -0.15) is 11.8 Å². The predicted molar refractivity (Wildman–Crippen MR) is 76.7 cm³/mol. The maximum Gasteiger partial charge on any atom is 0.327 e. The Bertz CT molecular complexity index is 626. The maximum atomic E-state index is 10.9. The van der Waals surface area contributed by atoms with Crippen LogP contribution in [0.25, 0.3) is 5.65 Å². The molecule has 2 heterocycles. The Labute approximate surface area is 120 Å². The number of aliphatic carboxylic acids is 1. The molecular weight excluding hydrogens is 278 g/mol. The number of rotatable bonds is 7. The van der Waals surface area contributed by atoms with E-state index < -0.39 is 12.0 Å². The summed E-state index contributed by atoms with van der Waals surface area (Å²) < 4.78 is 1.95. The van der Waals surface area contributed by atoms with E-state index in [2.05, 4.69) is 10.3 Å². The van der Waals surface area contributed by atoms with Crippen LogP contribution in [0, 0.1) is 6.92 Å². The number of amides is 1. The van der Waals surface area contributed by atoms with Gasteiger partial charge in [-0.15, -0.1) is 0 Å². The van der Waals surface area contributed by atoms with E-state index in [0.29, 0.717) is 17.9 Å². The molecule has 1 amide bonds. The van der Waals surface area contributed by atoms with E-state index in [0.717, 1.165) is 16.9 Å². The molecule has 0 aliphatic heterocycles. The summed E-state index contributed by atoms with van der Waals surface area (Å²) in [4.78, 5) is 25.7. The molecule has 0 spiro atoms. The summed E-state index contributed by atoms with van der Waals surface area (Å²) in [5, 5.41) is 11.2. The van der Waals surface area contributed by atoms with Crippen molar-refractivity contribution >= 4 is 29.8 Å². The molecule has 7 heteroatoms. The largest absolute Gasteiger partial charge is 0.480 e. The third kappa shape index (κ3) is 3.30. The molecule has 2 N–H and O–H groups in total. The van der Waals surface area contributed by atoms with Gasteiger partial charge in [-0.05, 0) is 18.6 Å². The average molecular weight is 293 g/mol. The van der Waals surface area contributed by atoms with Gasteiger partial charge >= 0.3 is 5.97 Å². The molecule has 0 aliphatic rings. The number of aryl methyl sites for hydroxylation is 1. The maximum absolute atomic E-state index is 10.9. The number of aromatic nitrogens is 2. The highest BCUT2D eigenvalue weighted by Crippen LogP contribution is 2.15. The number of carbonyl (C=O) groups excluding carboxylic acids is 1. The fourth-order valence-electron chi connectivity index (χ4n) is 1.83. The van der Waals surface area contributed by atoms with Gasteiger partial charge in [0.15, 0.2) is 0 Å². The Morgan fingerprint density at radius 1 is 1.65 bits per heavy atom. The van der Waals surface area contributed by atoms with E-state index in [9.17, 15) is 9.59 Å². The van der Waals surface area contributed by atoms with Crippen LogP contribution in [0.3, 0.4) is 0 Å². The van der Waals surface area contributed by atoms with E-state index >= 15 is 0 Å². The molecule has 0 radical (unpaired) electrons. The van der Waals surface area contributed by atoms with Gasteiger partial charge in [0.25, 0.3) is 0 Å². The van der Waals surface area contributed by atoms with Gasteiger partial charge in [-0.1, -0.05) is 6.07 Å². The van der Waals surface area contributed by atoms with Crippen molar-refractivity contribution in [1.29, 1.82) is 0 Å². The van der Waals surface area contributed by atoms with Gasteiger partial charge in [0.1, 0.15) is 11.7 Å². The number of carbonyl (C=O) groups is 2. The molecule has 0 bridgehead atoms. The molecule has 1 unspecified atom stereocenters. The first-order valence-corrected chi connectivity index (χ1v) is 7.20. The lowest BCUT2D eigenvalue weighted by molar-refractivity contribution is -0.139. The van der Waals surface area contributed by atoms with Crippen LogP contribution in [-0.4, -0.2) is 38.7 Å². The van der Waals surface area contributed by atoms with Crippen molar-refractivity contribution in [2.24, 2.45) is 0 Å². The molecule has 0 saturated carbocycles. The number of carboxylic acids is 1. The number of imidazole rings is 1. The number of thioether (sulfide) groups is 1. The van der Waals surface area contributed by atoms with Crippen LogP contribution in [0.1, 0.15) is 11.3 Å². The van der Waals surface area contributed by atoms with Gasteiger partial charge in [0, 0.05) is 23.9 Å². The molecule has 0 aromatic carbocycles. The van der Waals surface area contributed by atoms with Crippen molar-refractivity contribution in [3.8, 4) is 0 Å². The van der Waals surface area contributed by atoms with Gasteiger partial charge < -0.3 is 14.8 Å². The molecule has 20 heavy (non-hydrogen) atoms. The second-order valence-corrected chi connectivity index (χ2v) is 5.38. The quantitative estimate of drug-likeness (QED) is 0.746. The summed E-state index contributed by atoms with van der Waals surface area (Å²) in [5.74, 6) is -0.123. The van der Waals surface area contributed by atoms with Crippen molar-refractivity contribution in [3.05, 3.63) is 35.8 Å². The molecule has 2 rings (SSSR count). The summed E-state index contributed by atoms with van der Waals surface area (Å²) in [5.41, 5.74) is 2.89. The summed E-state index contributed by atoms with van der Waals surface area (Å²) in [6.45, 7) is 1.99. The van der Waals surface area contributed by atoms with Crippen LogP contribution in [0.2, 0.25) is 0 Å². The first-order valence-electron chi connectivity index (χ1n) is 6.05. The molecular formula is C13H15N3O3S. The van der Waals surface area contributed by atoms with E-state index in [1.54, 1.807) is 0 Å². The molecule has 2 aromatic heterocycles. The fraction of sp³-hybridized carbons (Fsp3) is 0.308. The SMILES string of the molecule is Cc1cccn2cc(CSCC(NC=O)C(=O)O)nc12. The third-order valence-corrected chi connectivity index (χ3v) is 3.90. The van der Waals surface area contributed by atoms with Crippen molar-refractivity contribution in [3.63, 3.8) is 0 Å². The number of nitrogens with zero attached hydrogens (tertiary/aromatic N) is 2. The van der Waals surface area contributed by atoms with Gasteiger partial charge in [-0.25, -0.2) is 9.78 Å². The minimum Gasteiger partial charge on any atom is -0.480 e. The zero-order chi connectivity index (χ0) is 14.5. The molecule has 0 saturated heterocycles. The van der Waals surface area contributed by atoms with Gasteiger partial charge in [-0.3, -0.25) is 4.79 Å². The smallest absolute Gasteiger partial charge is 0.327 e. The molecule has 0 aliphatic carbocycles. The first-order chi connectivity index (χ1) is 9.61. The van der Waals surface area contributed by atoms with Crippen LogP contribution in [0.15, 0.2) is 24.5 Å². The highest BCUT2D eigenvalue weighted by atomic mass is 32.2. The van der Waals surface area contributed by atoms with Crippen molar-refractivity contribution in [1.82, 2.24) is 14.7 Å². The lowest BCUT2D eigenvalue weighted by Gasteiger charge is -2.09. The second kappa shape index (κ2) is 6.42. The minimum atomic E-state index is -1.03. The summed E-state index contributed by atoms with van der Waals surface area (Å²) in [6.07, 6.45) is 4.27. The molecule has 0 fully saturated rings. The summed E-state index contributed by atoms with van der Waals surface area (Å²) in [7, 11) is 0. The Hall–Kier alpha value is -2.02. The normalized spacial score (nSPS) is 12.2. The zero-order valence-corrected chi connectivity index (χ0v) is 11.8. The first kappa shape index (κ1) is 14.4. The summed E-state index contributed by atoms with van der Waals surface area (Å²) in [6, 6.07) is 3.08. The number of nitrogens with one attached hydrogen (secondary N) is 1. The minimum absolute atomic E-state index is 0.306. The fourth-order valence-corrected chi connectivity index (χ4v) is 2.77. The third-order valence-electron chi connectivity index (χ3n) is 2.83. The highest BCUT2D eigenvalue weighted by Gasteiger charge is 2.16. The monoisotopic (exact) mass is 293 g/mol. The number of hydrogen-bond acceptors (Lipinski definition) is 4. The van der Waals surface area contributed by atoms with E-state index in [1.807, 2.05) is 35.9 Å². The van der Waals surface area contributed by atoms with Crippen LogP contribution in [0.4, 0.5) is 0 Å². The number of fused-ring (bicyclic) bond motifs is 1. The van der Waals surface area contributed by atoms with E-state index in [-0.39, 0.29) is 0 Å². The molecule has 2 aromatic rings. The Kier molecular flexibility index (Phi) is 4.62. The van der Waals surface area contributed by atoms with Crippen molar-refractivity contribution in [2.75, 3.05) is 5.75 Å². The lowest BCUT2D eigenvalue weighted by atomic mass is 10.3. The Morgan fingerprint density at radius 3 is 3.10 bits per heavy atom. The summed E-state index contributed by atoms with van der Waals surface area (Å²) >= 11 is 1.43. The molecule has 1 atom stereocenters. The number of pyridine rings is 1. The topological polar surface area (TPSA) is 83.7 Å². The lowest BCUT2D eigenvalue weighted by Crippen LogP contribution is -2.37. The van der Waals surface area contributed by atoms with Crippen LogP contribution in [-0.2, 0) is 15.3 Å². The van der Waals surface area contributed by atoms with E-state index in [1.165, 1.54) is 11.8 Å². The Morgan fingerprint density at radius 2 is 2.45 bits per heavy atom. The van der Waals surface area contributed by atoms with Gasteiger partial charge in [0.2, 0.25) is 6.41 Å². The van der Waals surface area contributed by atoms with E-state index in [4.69, 9.17) is 5.11 Å². The van der Waals surface area contributed by atoms with Crippen LogP contribution >= 0.6 is 11.8 Å². The van der Waals surface area contributed by atoms with Crippen LogP contribution < -0.4 is 5.32 Å². The van der Waals surface area contributed by atoms with Crippen LogP contribution in [0.5, 0.6) is 0 Å².